The van der Waals surface area contributed by atoms with Gasteiger partial charge in [0.25, 0.3) is 0 Å². The van der Waals surface area contributed by atoms with E-state index in [4.69, 9.17) is 5.73 Å². The van der Waals surface area contributed by atoms with Crippen LogP contribution >= 0.6 is 0 Å². The summed E-state index contributed by atoms with van der Waals surface area (Å²) in [5.74, 6) is 0.870. The van der Waals surface area contributed by atoms with Crippen molar-refractivity contribution in [3.8, 4) is 0 Å². The van der Waals surface area contributed by atoms with Crippen LogP contribution in [0.3, 0.4) is 0 Å². The Bertz CT molecular complexity index is 269. The maximum atomic E-state index is 12.0. The van der Waals surface area contributed by atoms with Gasteiger partial charge in [-0.15, -0.1) is 0 Å². The molecule has 1 heterocycles. The zero-order valence-electron chi connectivity index (χ0n) is 10.7. The first-order valence-corrected chi connectivity index (χ1v) is 6.24. The van der Waals surface area contributed by atoms with Crippen LogP contribution in [0.1, 0.15) is 40.0 Å². The van der Waals surface area contributed by atoms with Crippen LogP contribution in [0, 0.1) is 5.92 Å². The lowest BCUT2D eigenvalue weighted by atomic mass is 9.89. The maximum absolute atomic E-state index is 12.0. The third kappa shape index (κ3) is 3.34. The molecule has 0 radical (unpaired) electrons. The number of hydrogen-bond acceptors (Lipinski definition) is 2. The van der Waals surface area contributed by atoms with Gasteiger partial charge in [0, 0.05) is 25.2 Å². The van der Waals surface area contributed by atoms with Crippen LogP contribution < -0.4 is 5.73 Å². The molecule has 1 aliphatic rings. The molecule has 1 amide bonds. The number of nitrogens with two attached hydrogens (primary N) is 1. The minimum Gasteiger partial charge on any atom is -0.335 e. The molecule has 2 N–H and O–H groups in total. The Morgan fingerprint density at radius 2 is 2.19 bits per heavy atom. The number of carbonyl (C=O) groups excluding carboxylic acids is 1. The summed E-state index contributed by atoms with van der Waals surface area (Å²) in [4.78, 5) is 13.9. The van der Waals surface area contributed by atoms with E-state index in [0.717, 1.165) is 30.9 Å². The lowest BCUT2D eigenvalue weighted by Crippen LogP contribution is -2.49. The molecule has 1 rings (SSSR count). The van der Waals surface area contributed by atoms with Gasteiger partial charge in [-0.3, -0.25) is 4.79 Å². The normalized spacial score (nSPS) is 25.4. The number of amides is 1. The van der Waals surface area contributed by atoms with Gasteiger partial charge in [0.05, 0.1) is 0 Å². The smallest absolute Gasteiger partial charge is 0.246 e. The highest BCUT2D eigenvalue weighted by Crippen LogP contribution is 2.25. The molecule has 0 aromatic rings. The first-order valence-electron chi connectivity index (χ1n) is 6.24. The number of hydrogen-bond donors (Lipinski definition) is 1. The van der Waals surface area contributed by atoms with Crippen molar-refractivity contribution < 1.29 is 4.79 Å². The second-order valence-electron chi connectivity index (χ2n) is 4.94. The van der Waals surface area contributed by atoms with Crippen molar-refractivity contribution in [3.63, 3.8) is 0 Å². The van der Waals surface area contributed by atoms with Gasteiger partial charge in [-0.2, -0.15) is 0 Å². The largest absolute Gasteiger partial charge is 0.335 e. The van der Waals surface area contributed by atoms with Crippen molar-refractivity contribution in [3.05, 3.63) is 11.6 Å². The standard InChI is InChI=1S/C13H24N2O/c1-4-11-5-6-15(12(8-11)9-14)13(16)7-10(2)3/h7,11-12H,4-6,8-9,14H2,1-3H3. The van der Waals surface area contributed by atoms with E-state index < -0.39 is 0 Å². The van der Waals surface area contributed by atoms with E-state index in [1.54, 1.807) is 6.08 Å². The highest BCUT2D eigenvalue weighted by molar-refractivity contribution is 5.88. The summed E-state index contributed by atoms with van der Waals surface area (Å²) in [6.07, 6.45) is 5.10. The number of nitrogens with zero attached hydrogens (tertiary/aromatic N) is 1. The van der Waals surface area contributed by atoms with Crippen molar-refractivity contribution >= 4 is 5.91 Å². The van der Waals surface area contributed by atoms with E-state index in [9.17, 15) is 4.79 Å². The monoisotopic (exact) mass is 224 g/mol. The summed E-state index contributed by atoms with van der Waals surface area (Å²) in [6, 6.07) is 0.238. The zero-order valence-corrected chi connectivity index (χ0v) is 10.7. The Morgan fingerprint density at radius 1 is 1.50 bits per heavy atom. The van der Waals surface area contributed by atoms with Crippen LogP contribution in [-0.2, 0) is 4.79 Å². The van der Waals surface area contributed by atoms with Crippen LogP contribution in [0.2, 0.25) is 0 Å². The number of piperidine rings is 1. The summed E-state index contributed by atoms with van der Waals surface area (Å²) in [5, 5.41) is 0. The van der Waals surface area contributed by atoms with Gasteiger partial charge in [-0.1, -0.05) is 18.9 Å². The predicted octanol–water partition coefficient (Wildman–Crippen LogP) is 1.93. The molecule has 1 saturated heterocycles. The molecule has 92 valence electrons. The number of carbonyl (C=O) groups is 1. The number of allylic oxidation sites excluding steroid dienone is 1. The lowest BCUT2D eigenvalue weighted by Gasteiger charge is -2.38. The van der Waals surface area contributed by atoms with E-state index >= 15 is 0 Å². The molecule has 1 fully saturated rings. The summed E-state index contributed by atoms with van der Waals surface area (Å²) in [6.45, 7) is 7.57. The molecule has 0 aromatic carbocycles. The Morgan fingerprint density at radius 3 is 2.69 bits per heavy atom. The van der Waals surface area contributed by atoms with Crippen LogP contribution in [0.25, 0.3) is 0 Å². The first kappa shape index (κ1) is 13.2. The van der Waals surface area contributed by atoms with Crippen molar-refractivity contribution in [1.29, 1.82) is 0 Å². The second-order valence-corrected chi connectivity index (χ2v) is 4.94. The summed E-state index contributed by atoms with van der Waals surface area (Å²) in [5.41, 5.74) is 6.82. The first-order chi connectivity index (χ1) is 7.58. The molecule has 3 heteroatoms. The van der Waals surface area contributed by atoms with E-state index in [0.29, 0.717) is 6.54 Å². The van der Waals surface area contributed by atoms with Gasteiger partial charge in [-0.25, -0.2) is 0 Å². The van der Waals surface area contributed by atoms with E-state index in [2.05, 4.69) is 6.92 Å². The SMILES string of the molecule is CCC1CCN(C(=O)C=C(C)C)C(CN)C1. The fraction of sp³-hybridized carbons (Fsp3) is 0.769. The minimum absolute atomic E-state index is 0.130. The van der Waals surface area contributed by atoms with E-state index in [1.165, 1.54) is 6.42 Å². The maximum Gasteiger partial charge on any atom is 0.246 e. The third-order valence-electron chi connectivity index (χ3n) is 3.37. The minimum atomic E-state index is 0.130. The molecule has 2 unspecified atom stereocenters. The second kappa shape index (κ2) is 6.04. The zero-order chi connectivity index (χ0) is 12.1. The Hall–Kier alpha value is -0.830. The van der Waals surface area contributed by atoms with Crippen LogP contribution in [0.4, 0.5) is 0 Å². The molecule has 0 saturated carbocycles. The molecule has 1 aliphatic heterocycles. The third-order valence-corrected chi connectivity index (χ3v) is 3.37. The Balaban J connectivity index is 2.66. The highest BCUT2D eigenvalue weighted by atomic mass is 16.2. The number of likely N-dealkylation sites (tertiary alicyclic amines) is 1. The molecule has 3 nitrogen and oxygen atoms in total. The van der Waals surface area contributed by atoms with Crippen LogP contribution in [0.15, 0.2) is 11.6 Å². The highest BCUT2D eigenvalue weighted by Gasteiger charge is 2.28. The average Bonchev–Trinajstić information content (AvgIpc) is 2.27. The molecular formula is C13H24N2O. The molecule has 16 heavy (non-hydrogen) atoms. The Kier molecular flexibility index (Phi) is 5.00. The predicted molar refractivity (Wildman–Crippen MR) is 67.0 cm³/mol. The van der Waals surface area contributed by atoms with E-state index in [-0.39, 0.29) is 11.9 Å². The van der Waals surface area contributed by atoms with Gasteiger partial charge in [0.15, 0.2) is 0 Å². The lowest BCUT2D eigenvalue weighted by molar-refractivity contribution is -0.130. The Labute approximate surface area is 98.7 Å². The molecule has 0 spiro atoms. The van der Waals surface area contributed by atoms with Crippen LogP contribution in [0.5, 0.6) is 0 Å². The van der Waals surface area contributed by atoms with Gasteiger partial charge in [0.1, 0.15) is 0 Å². The van der Waals surface area contributed by atoms with Gasteiger partial charge in [0.2, 0.25) is 5.91 Å². The van der Waals surface area contributed by atoms with Gasteiger partial charge < -0.3 is 10.6 Å². The van der Waals surface area contributed by atoms with Crippen molar-refractivity contribution in [2.24, 2.45) is 11.7 Å². The van der Waals surface area contributed by atoms with Crippen molar-refractivity contribution in [2.75, 3.05) is 13.1 Å². The molecule has 0 bridgehead atoms. The summed E-state index contributed by atoms with van der Waals surface area (Å²) in [7, 11) is 0. The topological polar surface area (TPSA) is 46.3 Å². The quantitative estimate of drug-likeness (QED) is 0.745. The van der Waals surface area contributed by atoms with E-state index in [1.807, 2.05) is 18.7 Å². The molecule has 0 aromatic heterocycles. The van der Waals surface area contributed by atoms with Crippen molar-refractivity contribution in [1.82, 2.24) is 4.90 Å². The average molecular weight is 224 g/mol. The fourth-order valence-corrected chi connectivity index (χ4v) is 2.35. The summed E-state index contributed by atoms with van der Waals surface area (Å²) < 4.78 is 0. The fourth-order valence-electron chi connectivity index (χ4n) is 2.35. The number of rotatable bonds is 3. The van der Waals surface area contributed by atoms with Gasteiger partial charge in [-0.05, 0) is 32.6 Å². The molecule has 0 aliphatic carbocycles. The van der Waals surface area contributed by atoms with Crippen molar-refractivity contribution in [2.45, 2.75) is 46.1 Å². The molecule has 2 atom stereocenters. The van der Waals surface area contributed by atoms with Gasteiger partial charge >= 0.3 is 0 Å². The molecular weight excluding hydrogens is 200 g/mol. The van der Waals surface area contributed by atoms with Crippen LogP contribution in [-0.4, -0.2) is 29.9 Å². The summed E-state index contributed by atoms with van der Waals surface area (Å²) >= 11 is 0.